The molecule has 0 atom stereocenters. The van der Waals surface area contributed by atoms with Gasteiger partial charge in [-0.05, 0) is 20.8 Å². The average Bonchev–Trinajstić information content (AvgIpc) is 2.33. The van der Waals surface area contributed by atoms with E-state index in [4.69, 9.17) is 9.84 Å². The molecule has 0 spiro atoms. The molecular weight excluding hydrogens is 362 g/mol. The first-order chi connectivity index (χ1) is 11.0. The van der Waals surface area contributed by atoms with E-state index in [0.717, 1.165) is 4.90 Å². The number of amides is 2. The minimum absolute atomic E-state index is 0.607. The van der Waals surface area contributed by atoms with E-state index >= 15 is 0 Å². The molecule has 1 saturated heterocycles. The third-order valence-electron chi connectivity index (χ3n) is 3.68. The summed E-state index contributed by atoms with van der Waals surface area (Å²) < 4.78 is 80.6. The average molecular weight is 381 g/mol. The summed E-state index contributed by atoms with van der Waals surface area (Å²) in [6.45, 7) is 1.31. The SMILES string of the molecule is CC(C)(C)OC(=O)N1CC[N+](C(=O)O)(C(C(F)(F)F)C(F)(F)F)CC1. The van der Waals surface area contributed by atoms with Gasteiger partial charge >= 0.3 is 24.5 Å². The van der Waals surface area contributed by atoms with E-state index in [1.54, 1.807) is 0 Å². The summed E-state index contributed by atoms with van der Waals surface area (Å²) in [5.74, 6) is 0. The number of carboxylic acid groups (broad SMARTS) is 1. The van der Waals surface area contributed by atoms with Gasteiger partial charge in [0, 0.05) is 0 Å². The number of ether oxygens (including phenoxy) is 1. The van der Waals surface area contributed by atoms with Gasteiger partial charge in [0.15, 0.2) is 0 Å². The Balaban J connectivity index is 3.09. The maximum absolute atomic E-state index is 13.0. The van der Waals surface area contributed by atoms with Crippen molar-refractivity contribution in [2.75, 3.05) is 26.2 Å². The van der Waals surface area contributed by atoms with Gasteiger partial charge in [0.1, 0.15) is 18.7 Å². The second-order valence-corrected chi connectivity index (χ2v) is 6.72. The van der Waals surface area contributed by atoms with Crippen molar-refractivity contribution in [2.45, 2.75) is 44.8 Å². The molecule has 0 unspecified atom stereocenters. The van der Waals surface area contributed by atoms with Crippen LogP contribution in [0.15, 0.2) is 0 Å². The monoisotopic (exact) mass is 381 g/mol. The van der Waals surface area contributed by atoms with E-state index in [0.29, 0.717) is 0 Å². The van der Waals surface area contributed by atoms with Crippen LogP contribution in [-0.2, 0) is 4.74 Å². The Labute approximate surface area is 139 Å². The smallest absolute Gasteiger partial charge is 0.444 e. The first kappa shape index (κ1) is 21.3. The molecule has 0 saturated carbocycles. The first-order valence-corrected chi connectivity index (χ1v) is 7.22. The summed E-state index contributed by atoms with van der Waals surface area (Å²) in [5, 5.41) is 9.13. The summed E-state index contributed by atoms with van der Waals surface area (Å²) in [6.07, 6.45) is -14.8. The largest absolute Gasteiger partial charge is 0.514 e. The van der Waals surface area contributed by atoms with Crippen molar-refractivity contribution in [3.05, 3.63) is 0 Å². The Kier molecular flexibility index (Phi) is 5.58. The topological polar surface area (TPSA) is 66.8 Å². The van der Waals surface area contributed by atoms with E-state index in [2.05, 4.69) is 0 Å². The predicted molar refractivity (Wildman–Crippen MR) is 71.7 cm³/mol. The number of carbonyl (C=O) groups is 2. The zero-order valence-electron chi connectivity index (χ0n) is 13.7. The van der Waals surface area contributed by atoms with Crippen LogP contribution in [0.25, 0.3) is 0 Å². The van der Waals surface area contributed by atoms with Crippen molar-refractivity contribution in [2.24, 2.45) is 0 Å². The van der Waals surface area contributed by atoms with Gasteiger partial charge in [0.25, 0.3) is 6.04 Å². The van der Waals surface area contributed by atoms with Gasteiger partial charge in [-0.3, -0.25) is 4.90 Å². The molecule has 1 N–H and O–H groups in total. The molecule has 146 valence electrons. The lowest BCUT2D eigenvalue weighted by molar-refractivity contribution is -0.911. The number of hydrogen-bond donors (Lipinski definition) is 1. The minimum Gasteiger partial charge on any atom is -0.444 e. The van der Waals surface area contributed by atoms with E-state index < -0.39 is 66.8 Å². The highest BCUT2D eigenvalue weighted by atomic mass is 19.4. The highest BCUT2D eigenvalue weighted by Gasteiger charge is 2.71. The first-order valence-electron chi connectivity index (χ1n) is 7.22. The minimum atomic E-state index is -5.80. The van der Waals surface area contributed by atoms with E-state index in [1.165, 1.54) is 20.8 Å². The zero-order valence-corrected chi connectivity index (χ0v) is 13.7. The van der Waals surface area contributed by atoms with Crippen molar-refractivity contribution in [1.82, 2.24) is 4.90 Å². The standard InChI is InChI=1S/C13H18F6N2O4/c1-11(2,3)25-9(22)20-4-6-21(7-5-20,10(23)24)8(12(14,15)16)13(17,18)19/h8H,4-7H2,1-3H3/p+1. The van der Waals surface area contributed by atoms with E-state index in [9.17, 15) is 35.9 Å². The molecule has 25 heavy (non-hydrogen) atoms. The molecule has 1 heterocycles. The molecule has 0 aromatic heterocycles. The maximum Gasteiger partial charge on any atom is 0.514 e. The molecule has 0 aromatic carbocycles. The van der Waals surface area contributed by atoms with Crippen molar-refractivity contribution in [3.63, 3.8) is 0 Å². The van der Waals surface area contributed by atoms with Crippen LogP contribution in [-0.4, -0.2) is 76.9 Å². The van der Waals surface area contributed by atoms with Crippen LogP contribution >= 0.6 is 0 Å². The zero-order chi connectivity index (χ0) is 19.8. The fraction of sp³-hybridized carbons (Fsp3) is 0.846. The number of piperazine rings is 1. The number of nitrogens with zero attached hydrogens (tertiary/aromatic N) is 2. The molecule has 0 aromatic rings. The highest BCUT2D eigenvalue weighted by molar-refractivity contribution is 5.68. The van der Waals surface area contributed by atoms with Gasteiger partial charge in [0.05, 0.1) is 13.1 Å². The van der Waals surface area contributed by atoms with Crippen molar-refractivity contribution >= 4 is 12.2 Å². The predicted octanol–water partition coefficient (Wildman–Crippen LogP) is 3.23. The molecular formula is C13H19F6N2O4+. The lowest BCUT2D eigenvalue weighted by atomic mass is 10.1. The molecule has 12 heteroatoms. The summed E-state index contributed by atoms with van der Waals surface area (Å²) in [4.78, 5) is 24.1. The Hall–Kier alpha value is -1.72. The van der Waals surface area contributed by atoms with Crippen LogP contribution in [0, 0.1) is 0 Å². The Bertz CT molecular complexity index is 504. The highest BCUT2D eigenvalue weighted by Crippen LogP contribution is 2.42. The molecule has 0 bridgehead atoms. The van der Waals surface area contributed by atoms with E-state index in [-0.39, 0.29) is 0 Å². The number of rotatable bonds is 1. The molecule has 1 rings (SSSR count). The second-order valence-electron chi connectivity index (χ2n) is 6.72. The van der Waals surface area contributed by atoms with Crippen LogP contribution < -0.4 is 0 Å². The third-order valence-corrected chi connectivity index (χ3v) is 3.68. The van der Waals surface area contributed by atoms with Gasteiger partial charge in [-0.1, -0.05) is 0 Å². The van der Waals surface area contributed by atoms with Crippen LogP contribution in [0.1, 0.15) is 20.8 Å². The van der Waals surface area contributed by atoms with Crippen LogP contribution in [0.3, 0.4) is 0 Å². The van der Waals surface area contributed by atoms with Crippen LogP contribution in [0.4, 0.5) is 35.9 Å². The summed E-state index contributed by atoms with van der Waals surface area (Å²) in [5.41, 5.74) is -0.909. The molecule has 1 fully saturated rings. The van der Waals surface area contributed by atoms with Gasteiger partial charge in [0.2, 0.25) is 0 Å². The fourth-order valence-electron chi connectivity index (χ4n) is 2.64. The molecule has 1 aliphatic heterocycles. The number of alkyl halides is 6. The molecule has 2 amide bonds. The van der Waals surface area contributed by atoms with E-state index in [1.807, 2.05) is 0 Å². The van der Waals surface area contributed by atoms with Gasteiger partial charge in [-0.15, -0.1) is 0 Å². The number of halogens is 6. The Morgan fingerprint density at radius 1 is 1.00 bits per heavy atom. The quantitative estimate of drug-likeness (QED) is 0.560. The summed E-state index contributed by atoms with van der Waals surface area (Å²) in [6, 6.07) is -4.07. The Morgan fingerprint density at radius 3 is 1.68 bits per heavy atom. The molecule has 0 aliphatic carbocycles. The van der Waals surface area contributed by atoms with Gasteiger partial charge in [-0.2, -0.15) is 31.1 Å². The molecule has 1 aliphatic rings. The fourth-order valence-corrected chi connectivity index (χ4v) is 2.64. The normalized spacial score (nSPS) is 19.0. The maximum atomic E-state index is 13.0. The van der Waals surface area contributed by atoms with Gasteiger partial charge < -0.3 is 9.84 Å². The number of hydrogen-bond acceptors (Lipinski definition) is 3. The van der Waals surface area contributed by atoms with Crippen molar-refractivity contribution in [1.29, 1.82) is 0 Å². The Morgan fingerprint density at radius 2 is 1.40 bits per heavy atom. The van der Waals surface area contributed by atoms with Crippen LogP contribution in [0.2, 0.25) is 0 Å². The summed E-state index contributed by atoms with van der Waals surface area (Å²) >= 11 is 0. The third kappa shape index (κ3) is 4.89. The molecule has 6 nitrogen and oxygen atoms in total. The van der Waals surface area contributed by atoms with Crippen LogP contribution in [0.5, 0.6) is 0 Å². The van der Waals surface area contributed by atoms with Crippen molar-refractivity contribution < 1.29 is 50.3 Å². The second kappa shape index (κ2) is 6.54. The molecule has 0 radical (unpaired) electrons. The lowest BCUT2D eigenvalue weighted by Crippen LogP contribution is -2.74. The lowest BCUT2D eigenvalue weighted by Gasteiger charge is -2.45. The number of quaternary nitrogens is 1. The van der Waals surface area contributed by atoms with Gasteiger partial charge in [-0.25, -0.2) is 9.28 Å². The van der Waals surface area contributed by atoms with Crippen molar-refractivity contribution in [3.8, 4) is 0 Å². The number of carbonyl (C=O) groups excluding carboxylic acids is 1. The summed E-state index contributed by atoms with van der Waals surface area (Å²) in [7, 11) is 0.